The minimum absolute atomic E-state index is 0.0686. The van der Waals surface area contributed by atoms with Gasteiger partial charge in [-0.05, 0) is 48.6 Å². The second-order valence-electron chi connectivity index (χ2n) is 7.24. The van der Waals surface area contributed by atoms with Crippen LogP contribution in [0, 0.1) is 6.92 Å². The molecule has 160 valence electrons. The summed E-state index contributed by atoms with van der Waals surface area (Å²) < 4.78 is 39.6. The Morgan fingerprint density at radius 1 is 1.23 bits per heavy atom. The molecule has 1 aliphatic heterocycles. The van der Waals surface area contributed by atoms with Crippen LogP contribution >= 0.6 is 0 Å². The third kappa shape index (κ3) is 5.22. The number of carbonyl (C=O) groups is 2. The van der Waals surface area contributed by atoms with Crippen LogP contribution in [-0.4, -0.2) is 23.7 Å². The standard InChI is InChI=1S/C21H22F3N3O3/c1-12-8-17-18(10-15(12)21(22,23)24)27-19(28)11-16(26-17)14-6-2-4-13(9-14)5-3-7-25-20(29)30/h2,4,6,8-10,16,25-26H,3,5,7,11H2,1H3,(H,27,28)(H,29,30). The Bertz CT molecular complexity index is 960. The Morgan fingerprint density at radius 2 is 2.00 bits per heavy atom. The number of halogens is 3. The molecule has 1 aliphatic rings. The lowest BCUT2D eigenvalue weighted by Crippen LogP contribution is -2.22. The predicted molar refractivity (Wildman–Crippen MR) is 107 cm³/mol. The van der Waals surface area contributed by atoms with Crippen LogP contribution in [0.15, 0.2) is 36.4 Å². The molecule has 3 rings (SSSR count). The number of amides is 2. The number of carbonyl (C=O) groups excluding carboxylic acids is 1. The summed E-state index contributed by atoms with van der Waals surface area (Å²) in [5.74, 6) is -0.376. The van der Waals surface area contributed by atoms with E-state index in [1.807, 2.05) is 24.3 Å². The smallest absolute Gasteiger partial charge is 0.416 e. The summed E-state index contributed by atoms with van der Waals surface area (Å²) in [6, 6.07) is 9.49. The number of anilines is 2. The largest absolute Gasteiger partial charge is 0.465 e. The van der Waals surface area contributed by atoms with Gasteiger partial charge >= 0.3 is 12.3 Å². The molecule has 9 heteroatoms. The second kappa shape index (κ2) is 8.64. The zero-order valence-electron chi connectivity index (χ0n) is 16.3. The van der Waals surface area contributed by atoms with E-state index in [9.17, 15) is 22.8 Å². The topological polar surface area (TPSA) is 90.5 Å². The molecule has 0 aliphatic carbocycles. The van der Waals surface area contributed by atoms with Gasteiger partial charge in [-0.2, -0.15) is 13.2 Å². The number of hydrogen-bond acceptors (Lipinski definition) is 3. The number of aryl methyl sites for hydroxylation is 2. The Labute approximate surface area is 171 Å². The van der Waals surface area contributed by atoms with Gasteiger partial charge in [-0.1, -0.05) is 24.3 Å². The molecule has 0 bridgehead atoms. The second-order valence-corrected chi connectivity index (χ2v) is 7.24. The molecule has 0 saturated carbocycles. The first-order valence-corrected chi connectivity index (χ1v) is 9.47. The van der Waals surface area contributed by atoms with Crippen LogP contribution in [0.3, 0.4) is 0 Å². The van der Waals surface area contributed by atoms with Crippen LogP contribution in [-0.2, 0) is 17.4 Å². The number of carboxylic acid groups (broad SMARTS) is 1. The molecule has 1 heterocycles. The lowest BCUT2D eigenvalue weighted by molar-refractivity contribution is -0.138. The van der Waals surface area contributed by atoms with Crippen molar-refractivity contribution in [3.63, 3.8) is 0 Å². The molecular formula is C21H22F3N3O3. The molecule has 0 radical (unpaired) electrons. The highest BCUT2D eigenvalue weighted by Crippen LogP contribution is 2.39. The van der Waals surface area contributed by atoms with Gasteiger partial charge < -0.3 is 21.1 Å². The number of hydrogen-bond donors (Lipinski definition) is 4. The fourth-order valence-corrected chi connectivity index (χ4v) is 3.52. The van der Waals surface area contributed by atoms with Crippen LogP contribution in [0.1, 0.15) is 41.1 Å². The van der Waals surface area contributed by atoms with E-state index in [2.05, 4.69) is 16.0 Å². The molecular weight excluding hydrogens is 399 g/mol. The maximum absolute atomic E-state index is 13.2. The Balaban J connectivity index is 1.81. The maximum Gasteiger partial charge on any atom is 0.416 e. The summed E-state index contributed by atoms with van der Waals surface area (Å²) >= 11 is 0. The van der Waals surface area contributed by atoms with Crippen molar-refractivity contribution >= 4 is 23.4 Å². The molecule has 2 aromatic carbocycles. The van der Waals surface area contributed by atoms with Crippen molar-refractivity contribution in [3.8, 4) is 0 Å². The first-order chi connectivity index (χ1) is 14.1. The zero-order chi connectivity index (χ0) is 21.9. The van der Waals surface area contributed by atoms with Crippen LogP contribution < -0.4 is 16.0 Å². The van der Waals surface area contributed by atoms with Crippen LogP contribution in [0.2, 0.25) is 0 Å². The highest BCUT2D eigenvalue weighted by Gasteiger charge is 2.34. The quantitative estimate of drug-likeness (QED) is 0.527. The van der Waals surface area contributed by atoms with Crippen molar-refractivity contribution in [3.05, 3.63) is 58.7 Å². The minimum Gasteiger partial charge on any atom is -0.465 e. The van der Waals surface area contributed by atoms with E-state index in [0.29, 0.717) is 25.1 Å². The fraction of sp³-hybridized carbons (Fsp3) is 0.333. The van der Waals surface area contributed by atoms with Crippen molar-refractivity contribution in [2.75, 3.05) is 17.2 Å². The molecule has 6 nitrogen and oxygen atoms in total. The van der Waals surface area contributed by atoms with Gasteiger partial charge in [0.15, 0.2) is 0 Å². The van der Waals surface area contributed by atoms with Crippen LogP contribution in [0.4, 0.5) is 29.3 Å². The van der Waals surface area contributed by atoms with Gasteiger partial charge in [0.25, 0.3) is 0 Å². The lowest BCUT2D eigenvalue weighted by atomic mass is 9.99. The molecule has 1 unspecified atom stereocenters. The average Bonchev–Trinajstić information content (AvgIpc) is 2.81. The van der Waals surface area contributed by atoms with Gasteiger partial charge in [0.05, 0.1) is 29.4 Å². The van der Waals surface area contributed by atoms with Crippen LogP contribution in [0.5, 0.6) is 0 Å². The predicted octanol–water partition coefficient (Wildman–Crippen LogP) is 4.71. The highest BCUT2D eigenvalue weighted by molar-refractivity contribution is 5.97. The summed E-state index contributed by atoms with van der Waals surface area (Å²) in [5, 5.41) is 16.7. The molecule has 1 atom stereocenters. The van der Waals surface area contributed by atoms with E-state index >= 15 is 0 Å². The number of fused-ring (bicyclic) bond motifs is 1. The highest BCUT2D eigenvalue weighted by atomic mass is 19.4. The van der Waals surface area contributed by atoms with E-state index < -0.39 is 23.9 Å². The number of alkyl halides is 3. The molecule has 4 N–H and O–H groups in total. The van der Waals surface area contributed by atoms with E-state index in [1.165, 1.54) is 13.0 Å². The molecule has 0 aromatic heterocycles. The average molecular weight is 421 g/mol. The summed E-state index contributed by atoms with van der Waals surface area (Å²) in [7, 11) is 0. The van der Waals surface area contributed by atoms with E-state index in [4.69, 9.17) is 5.11 Å². The van der Waals surface area contributed by atoms with Gasteiger partial charge in [-0.3, -0.25) is 4.79 Å². The summed E-state index contributed by atoms with van der Waals surface area (Å²) in [5.41, 5.74) is 1.65. The molecule has 0 spiro atoms. The van der Waals surface area contributed by atoms with Crippen molar-refractivity contribution < 1.29 is 27.9 Å². The SMILES string of the molecule is Cc1cc2c(cc1C(F)(F)F)NC(=O)CC(c1cccc(CCCNC(=O)O)c1)N2. The van der Waals surface area contributed by atoms with Crippen molar-refractivity contribution in [2.24, 2.45) is 0 Å². The van der Waals surface area contributed by atoms with Crippen molar-refractivity contribution in [1.82, 2.24) is 5.32 Å². The van der Waals surface area contributed by atoms with Crippen LogP contribution in [0.25, 0.3) is 0 Å². The van der Waals surface area contributed by atoms with Gasteiger partial charge in [0.2, 0.25) is 5.91 Å². The number of benzene rings is 2. The van der Waals surface area contributed by atoms with E-state index in [0.717, 1.165) is 17.2 Å². The Kier molecular flexibility index (Phi) is 6.19. The summed E-state index contributed by atoms with van der Waals surface area (Å²) in [4.78, 5) is 22.9. The van der Waals surface area contributed by atoms with Gasteiger partial charge in [-0.15, -0.1) is 0 Å². The third-order valence-electron chi connectivity index (χ3n) is 4.94. The summed E-state index contributed by atoms with van der Waals surface area (Å²) in [6.07, 6.45) is -4.23. The van der Waals surface area contributed by atoms with Gasteiger partial charge in [0.1, 0.15) is 0 Å². The lowest BCUT2D eigenvalue weighted by Gasteiger charge is -2.20. The molecule has 0 saturated heterocycles. The normalized spacial score (nSPS) is 16.1. The van der Waals surface area contributed by atoms with E-state index in [-0.39, 0.29) is 23.6 Å². The van der Waals surface area contributed by atoms with Crippen molar-refractivity contribution in [2.45, 2.75) is 38.4 Å². The minimum atomic E-state index is -4.50. The maximum atomic E-state index is 13.2. The van der Waals surface area contributed by atoms with Gasteiger partial charge in [0, 0.05) is 6.54 Å². The first kappa shape index (κ1) is 21.5. The van der Waals surface area contributed by atoms with Gasteiger partial charge in [-0.25, -0.2) is 4.79 Å². The molecule has 0 fully saturated rings. The Morgan fingerprint density at radius 3 is 2.70 bits per heavy atom. The third-order valence-corrected chi connectivity index (χ3v) is 4.94. The first-order valence-electron chi connectivity index (χ1n) is 9.47. The molecule has 2 amide bonds. The van der Waals surface area contributed by atoms with Crippen molar-refractivity contribution in [1.29, 1.82) is 0 Å². The number of nitrogens with one attached hydrogen (secondary N) is 3. The zero-order valence-corrected chi connectivity index (χ0v) is 16.3. The Hall–Kier alpha value is -3.23. The monoisotopic (exact) mass is 421 g/mol. The number of rotatable bonds is 5. The summed E-state index contributed by atoms with van der Waals surface area (Å²) in [6.45, 7) is 1.72. The fourth-order valence-electron chi connectivity index (χ4n) is 3.52. The molecule has 2 aromatic rings. The van der Waals surface area contributed by atoms with E-state index in [1.54, 1.807) is 0 Å². The molecule has 30 heavy (non-hydrogen) atoms.